The first-order valence-electron chi connectivity index (χ1n) is 5.75. The minimum absolute atomic E-state index is 0.285. The van der Waals surface area contributed by atoms with Crippen LogP contribution in [-0.2, 0) is 4.74 Å². The summed E-state index contributed by atoms with van der Waals surface area (Å²) in [5, 5.41) is 3.82. The maximum absolute atomic E-state index is 5.89. The summed E-state index contributed by atoms with van der Waals surface area (Å²) in [5.74, 6) is 3.46. The van der Waals surface area contributed by atoms with Gasteiger partial charge in [0.05, 0.1) is 6.10 Å². The molecule has 2 nitrogen and oxygen atoms in total. The highest BCUT2D eigenvalue weighted by molar-refractivity contribution is 8.00. The highest BCUT2D eigenvalue weighted by atomic mass is 32.2. The van der Waals surface area contributed by atoms with Crippen LogP contribution in [0.15, 0.2) is 0 Å². The molecule has 0 radical (unpaired) electrons. The third kappa shape index (κ3) is 1.59. The minimum Gasteiger partial charge on any atom is -0.376 e. The van der Waals surface area contributed by atoms with E-state index in [1.807, 2.05) is 11.8 Å². The second-order valence-corrected chi connectivity index (χ2v) is 6.25. The molecule has 3 fully saturated rings. The van der Waals surface area contributed by atoms with Crippen molar-refractivity contribution in [2.75, 3.05) is 18.1 Å². The van der Waals surface area contributed by atoms with Crippen molar-refractivity contribution in [1.82, 2.24) is 5.32 Å². The second-order valence-electron chi connectivity index (χ2n) is 5.18. The van der Waals surface area contributed by atoms with Crippen molar-refractivity contribution in [1.29, 1.82) is 0 Å². The molecule has 0 aromatic heterocycles. The molecule has 3 rings (SSSR count). The van der Waals surface area contributed by atoms with Gasteiger partial charge in [-0.15, -0.1) is 0 Å². The topological polar surface area (TPSA) is 21.3 Å². The fourth-order valence-corrected chi connectivity index (χ4v) is 3.36. The van der Waals surface area contributed by atoms with Crippen LogP contribution in [0.2, 0.25) is 0 Å². The van der Waals surface area contributed by atoms with Crippen molar-refractivity contribution in [3.63, 3.8) is 0 Å². The summed E-state index contributed by atoms with van der Waals surface area (Å²) in [4.78, 5) is 0. The molecular formula is C11H19NOS. The Kier molecular flexibility index (Phi) is 2.30. The van der Waals surface area contributed by atoms with Gasteiger partial charge in [0.15, 0.2) is 0 Å². The Hall–Kier alpha value is 0.270. The van der Waals surface area contributed by atoms with Gasteiger partial charge in [-0.25, -0.2) is 0 Å². The molecular weight excluding hydrogens is 194 g/mol. The van der Waals surface area contributed by atoms with Gasteiger partial charge < -0.3 is 10.1 Å². The Morgan fingerprint density at radius 2 is 2.14 bits per heavy atom. The van der Waals surface area contributed by atoms with Crippen LogP contribution in [0.25, 0.3) is 0 Å². The van der Waals surface area contributed by atoms with Crippen molar-refractivity contribution in [3.05, 3.63) is 0 Å². The quantitative estimate of drug-likeness (QED) is 0.770. The number of rotatable bonds is 3. The summed E-state index contributed by atoms with van der Waals surface area (Å²) in [6, 6.07) is 0.757. The van der Waals surface area contributed by atoms with E-state index in [1.165, 1.54) is 30.8 Å². The molecule has 0 aromatic rings. The molecule has 1 saturated carbocycles. The van der Waals surface area contributed by atoms with Gasteiger partial charge in [-0.3, -0.25) is 0 Å². The lowest BCUT2D eigenvalue weighted by atomic mass is 9.89. The van der Waals surface area contributed by atoms with Crippen LogP contribution in [0.1, 0.15) is 26.2 Å². The lowest BCUT2D eigenvalue weighted by Gasteiger charge is -2.38. The first kappa shape index (κ1) is 9.49. The molecule has 2 unspecified atom stereocenters. The third-order valence-electron chi connectivity index (χ3n) is 3.77. The fraction of sp³-hybridized carbons (Fsp3) is 1.00. The van der Waals surface area contributed by atoms with Crippen LogP contribution in [-0.4, -0.2) is 35.8 Å². The largest absolute Gasteiger partial charge is 0.376 e. The maximum Gasteiger partial charge on any atom is 0.0782 e. The molecule has 0 spiro atoms. The molecule has 0 amide bonds. The number of ether oxygens (including phenoxy) is 1. The predicted molar refractivity (Wildman–Crippen MR) is 59.7 cm³/mol. The van der Waals surface area contributed by atoms with Crippen molar-refractivity contribution in [2.24, 2.45) is 5.92 Å². The summed E-state index contributed by atoms with van der Waals surface area (Å²) in [5.41, 5.74) is 0.285. The Morgan fingerprint density at radius 3 is 2.71 bits per heavy atom. The van der Waals surface area contributed by atoms with Gasteiger partial charge in [0, 0.05) is 29.7 Å². The molecule has 1 N–H and O–H groups in total. The van der Waals surface area contributed by atoms with Crippen LogP contribution in [0, 0.1) is 5.92 Å². The number of nitrogens with one attached hydrogen (secondary N) is 1. The van der Waals surface area contributed by atoms with Gasteiger partial charge >= 0.3 is 0 Å². The molecule has 0 bridgehead atoms. The minimum atomic E-state index is 0.285. The molecule has 0 aromatic carbocycles. The highest BCUT2D eigenvalue weighted by Gasteiger charge is 2.49. The van der Waals surface area contributed by atoms with E-state index in [4.69, 9.17) is 4.74 Å². The van der Waals surface area contributed by atoms with Crippen molar-refractivity contribution >= 4 is 11.8 Å². The Labute approximate surface area is 90.2 Å². The van der Waals surface area contributed by atoms with E-state index in [-0.39, 0.29) is 5.54 Å². The Balaban J connectivity index is 1.65. The standard InChI is InChI=1S/C11H19NOS/c1-11(12-9-6-14-7-9)4-5-13-10(11)8-2-3-8/h8-10,12H,2-7H2,1H3. The normalized spacial score (nSPS) is 43.9. The van der Waals surface area contributed by atoms with E-state index in [0.717, 1.165) is 18.6 Å². The van der Waals surface area contributed by atoms with Gasteiger partial charge in [-0.05, 0) is 32.1 Å². The molecule has 2 aliphatic heterocycles. The monoisotopic (exact) mass is 213 g/mol. The van der Waals surface area contributed by atoms with Crippen LogP contribution in [0.5, 0.6) is 0 Å². The third-order valence-corrected chi connectivity index (χ3v) is 5.05. The fourth-order valence-electron chi connectivity index (χ4n) is 2.72. The van der Waals surface area contributed by atoms with E-state index < -0.39 is 0 Å². The molecule has 14 heavy (non-hydrogen) atoms. The smallest absolute Gasteiger partial charge is 0.0782 e. The Bertz CT molecular complexity index is 227. The van der Waals surface area contributed by atoms with Crippen LogP contribution < -0.4 is 5.32 Å². The van der Waals surface area contributed by atoms with E-state index in [2.05, 4.69) is 12.2 Å². The van der Waals surface area contributed by atoms with Gasteiger partial charge in [0.1, 0.15) is 0 Å². The average Bonchev–Trinajstić information content (AvgIpc) is 2.85. The zero-order chi connectivity index (χ0) is 9.60. The maximum atomic E-state index is 5.89. The molecule has 2 saturated heterocycles. The van der Waals surface area contributed by atoms with Crippen LogP contribution >= 0.6 is 11.8 Å². The van der Waals surface area contributed by atoms with Crippen LogP contribution in [0.4, 0.5) is 0 Å². The SMILES string of the molecule is CC1(NC2CSC2)CCOC1C1CC1. The lowest BCUT2D eigenvalue weighted by molar-refractivity contribution is 0.0535. The summed E-state index contributed by atoms with van der Waals surface area (Å²) >= 11 is 2.05. The first-order valence-corrected chi connectivity index (χ1v) is 6.90. The zero-order valence-electron chi connectivity index (χ0n) is 8.79. The van der Waals surface area contributed by atoms with Crippen molar-refractivity contribution in [2.45, 2.75) is 43.9 Å². The van der Waals surface area contributed by atoms with Gasteiger partial charge in [0.2, 0.25) is 0 Å². The predicted octanol–water partition coefficient (Wildman–Crippen LogP) is 1.65. The number of hydrogen-bond donors (Lipinski definition) is 1. The zero-order valence-corrected chi connectivity index (χ0v) is 9.61. The Morgan fingerprint density at radius 1 is 1.36 bits per heavy atom. The molecule has 2 atom stereocenters. The number of thioether (sulfide) groups is 1. The summed E-state index contributed by atoms with van der Waals surface area (Å²) in [6.07, 6.45) is 4.49. The summed E-state index contributed by atoms with van der Waals surface area (Å²) in [6.45, 7) is 3.33. The van der Waals surface area contributed by atoms with Gasteiger partial charge in [-0.1, -0.05) is 0 Å². The molecule has 1 aliphatic carbocycles. The average molecular weight is 213 g/mol. The van der Waals surface area contributed by atoms with Gasteiger partial charge in [0.25, 0.3) is 0 Å². The summed E-state index contributed by atoms with van der Waals surface area (Å²) in [7, 11) is 0. The highest BCUT2D eigenvalue weighted by Crippen LogP contribution is 2.43. The molecule has 2 heterocycles. The van der Waals surface area contributed by atoms with Gasteiger partial charge in [-0.2, -0.15) is 11.8 Å². The van der Waals surface area contributed by atoms with Crippen molar-refractivity contribution < 1.29 is 4.74 Å². The van der Waals surface area contributed by atoms with E-state index in [1.54, 1.807) is 0 Å². The number of hydrogen-bond acceptors (Lipinski definition) is 3. The van der Waals surface area contributed by atoms with E-state index >= 15 is 0 Å². The molecule has 3 heteroatoms. The first-order chi connectivity index (χ1) is 6.78. The second kappa shape index (κ2) is 3.39. The van der Waals surface area contributed by atoms with Crippen molar-refractivity contribution in [3.8, 4) is 0 Å². The lowest BCUT2D eigenvalue weighted by Crippen LogP contribution is -2.57. The summed E-state index contributed by atoms with van der Waals surface area (Å²) < 4.78 is 5.89. The van der Waals surface area contributed by atoms with Crippen LogP contribution in [0.3, 0.4) is 0 Å². The van der Waals surface area contributed by atoms with E-state index in [9.17, 15) is 0 Å². The molecule has 3 aliphatic rings. The molecule has 80 valence electrons. The van der Waals surface area contributed by atoms with E-state index in [0.29, 0.717) is 6.10 Å².